The molecule has 0 aromatic rings. The molecule has 0 N–H and O–H groups in total. The normalized spacial score (nSPS) is 12.9. The van der Waals surface area contributed by atoms with E-state index in [1.807, 2.05) is 0 Å². The maximum atomic E-state index is 11.8. The second-order valence-corrected chi connectivity index (χ2v) is 12.2. The van der Waals surface area contributed by atoms with E-state index < -0.39 is 17.9 Å². The van der Waals surface area contributed by atoms with Crippen LogP contribution in [0.15, 0.2) is 12.8 Å². The molecular formula is C17H34NO5P. The maximum absolute atomic E-state index is 11.8. The summed E-state index contributed by atoms with van der Waals surface area (Å²) in [4.78, 5) is 23.2. The van der Waals surface area contributed by atoms with Crippen molar-refractivity contribution in [1.29, 1.82) is 0 Å². The molecule has 0 bridgehead atoms. The average molecular weight is 363 g/mol. The van der Waals surface area contributed by atoms with Gasteiger partial charge in [0.15, 0.2) is 0 Å². The van der Waals surface area contributed by atoms with Gasteiger partial charge in [0.05, 0.1) is 0 Å². The van der Waals surface area contributed by atoms with Crippen molar-refractivity contribution in [2.45, 2.75) is 65.7 Å². The first kappa shape index (κ1) is 22.8. The molecule has 0 saturated heterocycles. The van der Waals surface area contributed by atoms with Gasteiger partial charge in [-0.15, -0.1) is 0 Å². The molecule has 0 fully saturated rings. The van der Waals surface area contributed by atoms with Gasteiger partial charge >= 0.3 is 145 Å². The molecule has 0 aliphatic rings. The first-order valence-corrected chi connectivity index (χ1v) is 11.9. The van der Waals surface area contributed by atoms with Gasteiger partial charge in [-0.05, 0) is 0 Å². The molecule has 0 radical (unpaired) electrons. The zero-order valence-electron chi connectivity index (χ0n) is 15.5. The van der Waals surface area contributed by atoms with E-state index in [0.717, 1.165) is 44.8 Å². The van der Waals surface area contributed by atoms with Crippen LogP contribution in [0.1, 0.15) is 65.7 Å². The van der Waals surface area contributed by atoms with Crippen molar-refractivity contribution in [3.8, 4) is 0 Å². The summed E-state index contributed by atoms with van der Waals surface area (Å²) in [6, 6.07) is 0. The van der Waals surface area contributed by atoms with Crippen LogP contribution in [-0.2, 0) is 14.2 Å². The fourth-order valence-electron chi connectivity index (χ4n) is 3.22. The number of esters is 1. The van der Waals surface area contributed by atoms with Crippen molar-refractivity contribution < 1.29 is 19.2 Å². The van der Waals surface area contributed by atoms with Crippen LogP contribution in [0.25, 0.3) is 0 Å². The Balaban J connectivity index is 5.67. The molecule has 0 spiro atoms. The summed E-state index contributed by atoms with van der Waals surface area (Å²) >= 11 is 0. The predicted octanol–water partition coefficient (Wildman–Crippen LogP) is 5.14. The van der Waals surface area contributed by atoms with E-state index >= 15 is 0 Å². The molecule has 0 aliphatic heterocycles. The predicted molar refractivity (Wildman–Crippen MR) is 100 cm³/mol. The van der Waals surface area contributed by atoms with Gasteiger partial charge in [0.25, 0.3) is 0 Å². The van der Waals surface area contributed by atoms with E-state index in [0.29, 0.717) is 24.6 Å². The molecule has 24 heavy (non-hydrogen) atoms. The topological polar surface area (TPSA) is 78.7 Å². The monoisotopic (exact) mass is 363 g/mol. The zero-order valence-corrected chi connectivity index (χ0v) is 16.4. The van der Waals surface area contributed by atoms with Crippen molar-refractivity contribution in [1.82, 2.24) is 0 Å². The number of carbonyl (C=O) groups excluding carboxylic acids is 1. The summed E-state index contributed by atoms with van der Waals surface area (Å²) < 4.78 is 10.4. The van der Waals surface area contributed by atoms with E-state index in [4.69, 9.17) is 9.36 Å². The Hall–Kier alpha value is -1.16. The molecular weight excluding hydrogens is 329 g/mol. The Bertz CT molecular complexity index is 389. The number of carbonyl (C=O) groups is 1. The Morgan fingerprint density at radius 1 is 1.04 bits per heavy atom. The molecule has 0 saturated carbocycles. The number of hydrogen-bond acceptors (Lipinski definition) is 5. The van der Waals surface area contributed by atoms with Crippen LogP contribution < -0.4 is 0 Å². The van der Waals surface area contributed by atoms with Gasteiger partial charge in [0, 0.05) is 0 Å². The Kier molecular flexibility index (Phi) is 10.9. The fourth-order valence-corrected chi connectivity index (χ4v) is 9.36. The van der Waals surface area contributed by atoms with Crippen LogP contribution >= 0.6 is 6.83 Å². The van der Waals surface area contributed by atoms with Gasteiger partial charge in [0.2, 0.25) is 0 Å². The third kappa shape index (κ3) is 7.61. The molecule has 0 aliphatic carbocycles. The van der Waals surface area contributed by atoms with E-state index in [-0.39, 0.29) is 6.42 Å². The second-order valence-electron chi connectivity index (χ2n) is 6.52. The molecule has 6 nitrogen and oxygen atoms in total. The van der Waals surface area contributed by atoms with Crippen molar-refractivity contribution in [3.05, 3.63) is 23.0 Å². The standard InChI is InChI=1S/C17H34NO5P/c1-5-9-13-24(14-10-6-2,15-11-7-3,23-18(20)21)16-12-17(19)22-8-4/h8H,4-7,9-16H2,1-3H3. The van der Waals surface area contributed by atoms with E-state index in [1.165, 1.54) is 0 Å². The van der Waals surface area contributed by atoms with Crippen molar-refractivity contribution >= 4 is 12.8 Å². The SMILES string of the molecule is C=COC(=O)CCP(CCCC)(CCCC)(CCCC)O[N+](=O)[O-]. The van der Waals surface area contributed by atoms with Crippen LogP contribution in [0.2, 0.25) is 0 Å². The van der Waals surface area contributed by atoms with Gasteiger partial charge in [-0.25, -0.2) is 0 Å². The minimum atomic E-state index is -3.09. The molecule has 0 unspecified atom stereocenters. The third-order valence-electron chi connectivity index (χ3n) is 4.63. The van der Waals surface area contributed by atoms with Crippen LogP contribution in [-0.4, -0.2) is 35.7 Å². The van der Waals surface area contributed by atoms with Gasteiger partial charge in [-0.3, -0.25) is 0 Å². The summed E-state index contributed by atoms with van der Waals surface area (Å²) in [5.41, 5.74) is 0. The van der Waals surface area contributed by atoms with Gasteiger partial charge in [0.1, 0.15) is 0 Å². The van der Waals surface area contributed by atoms with Crippen molar-refractivity contribution in [3.63, 3.8) is 0 Å². The van der Waals surface area contributed by atoms with Crippen molar-refractivity contribution in [2.75, 3.05) is 24.6 Å². The summed E-state index contributed by atoms with van der Waals surface area (Å²) in [6.45, 7) is 6.51. The number of nitrogens with zero attached hydrogens (tertiary/aromatic N) is 1. The first-order chi connectivity index (χ1) is 11.4. The summed E-state index contributed by atoms with van der Waals surface area (Å²) in [5, 5.41) is 10.8. The molecule has 142 valence electrons. The minimum absolute atomic E-state index is 0.148. The van der Waals surface area contributed by atoms with Gasteiger partial charge in [-0.2, -0.15) is 0 Å². The number of hydrogen-bond donors (Lipinski definition) is 0. The van der Waals surface area contributed by atoms with Gasteiger partial charge in [-0.1, -0.05) is 0 Å². The average Bonchev–Trinajstić information content (AvgIpc) is 2.55. The quantitative estimate of drug-likeness (QED) is 0.132. The number of ether oxygens (including phenoxy) is 1. The molecule has 0 heterocycles. The Labute approximate surface area is 146 Å². The van der Waals surface area contributed by atoms with Crippen LogP contribution in [0, 0.1) is 10.1 Å². The molecule has 7 heteroatoms. The zero-order chi connectivity index (χ0) is 18.5. The Morgan fingerprint density at radius 3 is 1.83 bits per heavy atom. The molecule has 0 amide bonds. The van der Waals surface area contributed by atoms with E-state index in [9.17, 15) is 14.9 Å². The van der Waals surface area contributed by atoms with Crippen LogP contribution in [0.3, 0.4) is 0 Å². The van der Waals surface area contributed by atoms with Crippen LogP contribution in [0.5, 0.6) is 0 Å². The Morgan fingerprint density at radius 2 is 1.50 bits per heavy atom. The fraction of sp³-hybridized carbons (Fsp3) is 0.824. The molecule has 0 atom stereocenters. The van der Waals surface area contributed by atoms with E-state index in [2.05, 4.69) is 27.4 Å². The molecule has 0 aromatic carbocycles. The number of rotatable bonds is 15. The van der Waals surface area contributed by atoms with E-state index in [1.54, 1.807) is 0 Å². The van der Waals surface area contributed by atoms with Crippen molar-refractivity contribution in [2.24, 2.45) is 0 Å². The number of unbranched alkanes of at least 4 members (excludes halogenated alkanes) is 3. The molecule has 0 aromatic heterocycles. The first-order valence-electron chi connectivity index (χ1n) is 9.02. The molecule has 0 rings (SSSR count). The van der Waals surface area contributed by atoms with Gasteiger partial charge < -0.3 is 0 Å². The third-order valence-corrected chi connectivity index (χ3v) is 10.9. The summed E-state index contributed by atoms with van der Waals surface area (Å²) in [7, 11) is 0. The summed E-state index contributed by atoms with van der Waals surface area (Å²) in [5.74, 6) is -0.393. The summed E-state index contributed by atoms with van der Waals surface area (Å²) in [6.07, 6.45) is 9.33. The second kappa shape index (κ2) is 11.4. The van der Waals surface area contributed by atoms with Crippen LogP contribution in [0.4, 0.5) is 0 Å².